The molecule has 1 aromatic carbocycles. The molecule has 24 heavy (non-hydrogen) atoms. The minimum absolute atomic E-state index is 0.0936. The van der Waals surface area contributed by atoms with E-state index in [4.69, 9.17) is 9.26 Å². The lowest BCUT2D eigenvalue weighted by molar-refractivity contribution is -0.139. The van der Waals surface area contributed by atoms with Crippen LogP contribution in [0.2, 0.25) is 0 Å². The Morgan fingerprint density at radius 3 is 2.71 bits per heavy atom. The highest BCUT2D eigenvalue weighted by Crippen LogP contribution is 2.09. The number of hydrogen-bond acceptors (Lipinski definition) is 5. The van der Waals surface area contributed by atoms with Gasteiger partial charge in [0.15, 0.2) is 0 Å². The zero-order chi connectivity index (χ0) is 17.4. The van der Waals surface area contributed by atoms with Gasteiger partial charge in [0.1, 0.15) is 18.4 Å². The molecule has 7 nitrogen and oxygen atoms in total. The SMILES string of the molecule is Cc1cc(CCC[C@H](NC(=O)OCc2ccccc2)C(=O)O)on1. The van der Waals surface area contributed by atoms with Crippen molar-refractivity contribution < 1.29 is 24.0 Å². The van der Waals surface area contributed by atoms with Crippen LogP contribution in [0.4, 0.5) is 4.79 Å². The van der Waals surface area contributed by atoms with Gasteiger partial charge in [-0.25, -0.2) is 9.59 Å². The van der Waals surface area contributed by atoms with Crippen LogP contribution in [0.25, 0.3) is 0 Å². The Morgan fingerprint density at radius 1 is 1.33 bits per heavy atom. The largest absolute Gasteiger partial charge is 0.480 e. The van der Waals surface area contributed by atoms with Crippen LogP contribution in [-0.4, -0.2) is 28.4 Å². The first-order chi connectivity index (χ1) is 11.5. The van der Waals surface area contributed by atoms with Crippen molar-refractivity contribution in [2.45, 2.75) is 38.8 Å². The lowest BCUT2D eigenvalue weighted by Gasteiger charge is -2.14. The third-order valence-corrected chi connectivity index (χ3v) is 3.40. The average Bonchev–Trinajstić information content (AvgIpc) is 2.98. The van der Waals surface area contributed by atoms with Gasteiger partial charge in [0, 0.05) is 12.5 Å². The first-order valence-corrected chi connectivity index (χ1v) is 7.67. The fraction of sp³-hybridized carbons (Fsp3) is 0.353. The molecule has 128 valence electrons. The third kappa shape index (κ3) is 5.75. The minimum Gasteiger partial charge on any atom is -0.480 e. The number of nitrogens with one attached hydrogen (secondary N) is 1. The first-order valence-electron chi connectivity index (χ1n) is 7.67. The van der Waals surface area contributed by atoms with E-state index < -0.39 is 18.1 Å². The smallest absolute Gasteiger partial charge is 0.408 e. The van der Waals surface area contributed by atoms with E-state index in [1.165, 1.54) is 0 Å². The molecule has 0 bridgehead atoms. The van der Waals surface area contributed by atoms with Gasteiger partial charge in [-0.15, -0.1) is 0 Å². The normalized spacial score (nSPS) is 11.7. The number of alkyl carbamates (subject to hydrolysis) is 1. The number of benzene rings is 1. The second-order valence-electron chi connectivity index (χ2n) is 5.42. The first kappa shape index (κ1) is 17.5. The standard InChI is InChI=1S/C17H20N2O5/c1-12-10-14(24-19-12)8-5-9-15(16(20)21)18-17(22)23-11-13-6-3-2-4-7-13/h2-4,6-7,10,15H,5,8-9,11H2,1H3,(H,18,22)(H,20,21)/t15-/m0/s1. The fourth-order valence-corrected chi connectivity index (χ4v) is 2.18. The quantitative estimate of drug-likeness (QED) is 0.770. The number of aromatic nitrogens is 1. The summed E-state index contributed by atoms with van der Waals surface area (Å²) in [4.78, 5) is 23.0. The summed E-state index contributed by atoms with van der Waals surface area (Å²) in [6, 6.07) is 9.97. The molecule has 1 heterocycles. The van der Waals surface area contributed by atoms with E-state index in [1.54, 1.807) is 6.07 Å². The molecule has 0 radical (unpaired) electrons. The van der Waals surface area contributed by atoms with Gasteiger partial charge < -0.3 is 19.7 Å². The number of rotatable bonds is 8. The number of aryl methyl sites for hydroxylation is 2. The Labute approximate surface area is 139 Å². The summed E-state index contributed by atoms with van der Waals surface area (Å²) in [6.07, 6.45) is 0.632. The topological polar surface area (TPSA) is 102 Å². The number of hydrogen-bond donors (Lipinski definition) is 2. The highest BCUT2D eigenvalue weighted by Gasteiger charge is 2.20. The zero-order valence-corrected chi connectivity index (χ0v) is 13.4. The molecule has 0 unspecified atom stereocenters. The molecule has 0 aliphatic rings. The lowest BCUT2D eigenvalue weighted by Crippen LogP contribution is -2.41. The van der Waals surface area contributed by atoms with E-state index in [9.17, 15) is 14.7 Å². The number of carbonyl (C=O) groups is 2. The molecule has 0 saturated heterocycles. The third-order valence-electron chi connectivity index (χ3n) is 3.40. The Kier molecular flexibility index (Phi) is 6.36. The van der Waals surface area contributed by atoms with Gasteiger partial charge in [-0.3, -0.25) is 0 Å². The molecule has 1 amide bonds. The lowest BCUT2D eigenvalue weighted by atomic mass is 10.1. The van der Waals surface area contributed by atoms with E-state index in [-0.39, 0.29) is 13.0 Å². The molecule has 2 aromatic rings. The maximum Gasteiger partial charge on any atom is 0.408 e. The van der Waals surface area contributed by atoms with E-state index in [1.807, 2.05) is 37.3 Å². The van der Waals surface area contributed by atoms with Crippen LogP contribution in [0.1, 0.15) is 29.9 Å². The van der Waals surface area contributed by atoms with Crippen LogP contribution in [0.15, 0.2) is 40.9 Å². The van der Waals surface area contributed by atoms with Crippen LogP contribution in [0, 0.1) is 6.92 Å². The predicted octanol–water partition coefficient (Wildman–Crippen LogP) is 2.69. The monoisotopic (exact) mass is 332 g/mol. The molecular formula is C17H20N2O5. The van der Waals surface area contributed by atoms with Gasteiger partial charge in [-0.05, 0) is 25.3 Å². The summed E-state index contributed by atoms with van der Waals surface area (Å²) in [5, 5.41) is 15.3. The molecule has 0 aliphatic heterocycles. The van der Waals surface area contributed by atoms with Crippen LogP contribution < -0.4 is 5.32 Å². The number of nitrogens with zero attached hydrogens (tertiary/aromatic N) is 1. The average molecular weight is 332 g/mol. The maximum atomic E-state index is 11.7. The number of aliphatic carboxylic acids is 1. The van der Waals surface area contributed by atoms with Crippen molar-refractivity contribution in [2.75, 3.05) is 0 Å². The Hall–Kier alpha value is -2.83. The zero-order valence-electron chi connectivity index (χ0n) is 13.4. The van der Waals surface area contributed by atoms with Crippen molar-refractivity contribution in [2.24, 2.45) is 0 Å². The van der Waals surface area contributed by atoms with Crippen molar-refractivity contribution in [3.63, 3.8) is 0 Å². The molecular weight excluding hydrogens is 312 g/mol. The number of carbonyl (C=O) groups excluding carboxylic acids is 1. The van der Waals surface area contributed by atoms with E-state index in [0.717, 1.165) is 11.3 Å². The van der Waals surface area contributed by atoms with E-state index in [0.29, 0.717) is 18.6 Å². The molecule has 1 atom stereocenters. The minimum atomic E-state index is -1.10. The molecule has 0 saturated carbocycles. The predicted molar refractivity (Wildman–Crippen MR) is 85.4 cm³/mol. The highest BCUT2D eigenvalue weighted by atomic mass is 16.5. The molecule has 1 aromatic heterocycles. The Bertz CT molecular complexity index is 669. The van der Waals surface area contributed by atoms with Gasteiger partial charge in [-0.2, -0.15) is 0 Å². The molecule has 0 spiro atoms. The van der Waals surface area contributed by atoms with Crippen LogP contribution in [-0.2, 0) is 22.6 Å². The number of ether oxygens (including phenoxy) is 1. The van der Waals surface area contributed by atoms with Crippen molar-refractivity contribution in [3.8, 4) is 0 Å². The van der Waals surface area contributed by atoms with Crippen LogP contribution >= 0.6 is 0 Å². The Balaban J connectivity index is 1.75. The van der Waals surface area contributed by atoms with Crippen LogP contribution in [0.3, 0.4) is 0 Å². The second kappa shape index (κ2) is 8.71. The Morgan fingerprint density at radius 2 is 2.08 bits per heavy atom. The van der Waals surface area contributed by atoms with Crippen molar-refractivity contribution in [1.82, 2.24) is 10.5 Å². The van der Waals surface area contributed by atoms with Crippen molar-refractivity contribution in [3.05, 3.63) is 53.4 Å². The molecule has 0 fully saturated rings. The summed E-state index contributed by atoms with van der Waals surface area (Å²) in [5.41, 5.74) is 1.61. The van der Waals surface area contributed by atoms with Crippen molar-refractivity contribution >= 4 is 12.1 Å². The highest BCUT2D eigenvalue weighted by molar-refractivity contribution is 5.79. The fourth-order valence-electron chi connectivity index (χ4n) is 2.18. The van der Waals surface area contributed by atoms with Crippen LogP contribution in [0.5, 0.6) is 0 Å². The second-order valence-corrected chi connectivity index (χ2v) is 5.42. The molecule has 7 heteroatoms. The molecule has 2 rings (SSSR count). The van der Waals surface area contributed by atoms with Gasteiger partial charge in [0.25, 0.3) is 0 Å². The summed E-state index contributed by atoms with van der Waals surface area (Å²) in [5.74, 6) is -0.399. The molecule has 2 N–H and O–H groups in total. The number of amides is 1. The summed E-state index contributed by atoms with van der Waals surface area (Å²) in [7, 11) is 0. The number of carboxylic acid groups (broad SMARTS) is 1. The summed E-state index contributed by atoms with van der Waals surface area (Å²) >= 11 is 0. The summed E-state index contributed by atoms with van der Waals surface area (Å²) in [6.45, 7) is 1.91. The summed E-state index contributed by atoms with van der Waals surface area (Å²) < 4.78 is 10.1. The van der Waals surface area contributed by atoms with Gasteiger partial charge >= 0.3 is 12.1 Å². The molecule has 0 aliphatic carbocycles. The van der Waals surface area contributed by atoms with Gasteiger partial charge in [0.05, 0.1) is 5.69 Å². The number of carboxylic acids is 1. The van der Waals surface area contributed by atoms with E-state index >= 15 is 0 Å². The van der Waals surface area contributed by atoms with E-state index in [2.05, 4.69) is 10.5 Å². The maximum absolute atomic E-state index is 11.7. The van der Waals surface area contributed by atoms with Crippen molar-refractivity contribution in [1.29, 1.82) is 0 Å². The van der Waals surface area contributed by atoms with Gasteiger partial charge in [-0.1, -0.05) is 35.5 Å². The van der Waals surface area contributed by atoms with Gasteiger partial charge in [0.2, 0.25) is 0 Å².